The molecule has 0 unspecified atom stereocenters. The summed E-state index contributed by atoms with van der Waals surface area (Å²) in [4.78, 5) is 5.38. The molecule has 27 heavy (non-hydrogen) atoms. The topological polar surface area (TPSA) is 24.4 Å². The van der Waals surface area contributed by atoms with Gasteiger partial charge in [0.15, 0.2) is 0 Å². The number of aliphatic imine (C=N–C) groups is 1. The Balaban J connectivity index is 1.47. The largest absolute Gasteiger partial charge is 0.379 e. The van der Waals surface area contributed by atoms with Crippen molar-refractivity contribution >= 4 is 29.9 Å². The summed E-state index contributed by atoms with van der Waals surface area (Å²) in [5.74, 6) is -0.199. The number of halogens is 1. The molecule has 0 heterocycles. The Bertz CT molecular complexity index is 949. The fourth-order valence-corrected chi connectivity index (χ4v) is 4.03. The molecule has 0 spiro atoms. The molecule has 1 aliphatic carbocycles. The molecule has 0 aromatic heterocycles. The van der Waals surface area contributed by atoms with Gasteiger partial charge in [-0.1, -0.05) is 42.5 Å². The Morgan fingerprint density at radius 2 is 1.81 bits per heavy atom. The van der Waals surface area contributed by atoms with Crippen LogP contribution in [0.4, 0.5) is 15.8 Å². The summed E-state index contributed by atoms with van der Waals surface area (Å²) in [6.07, 6.45) is 2.62. The summed E-state index contributed by atoms with van der Waals surface area (Å²) in [5.41, 5.74) is 4.49. The molecule has 3 aromatic rings. The zero-order valence-electron chi connectivity index (χ0n) is 15.0. The highest BCUT2D eigenvalue weighted by Crippen LogP contribution is 2.41. The third-order valence-corrected chi connectivity index (χ3v) is 5.92. The van der Waals surface area contributed by atoms with Crippen LogP contribution >= 0.6 is 11.8 Å². The van der Waals surface area contributed by atoms with Crippen molar-refractivity contribution in [1.82, 2.24) is 0 Å². The van der Waals surface area contributed by atoms with Crippen molar-refractivity contribution in [3.8, 4) is 11.1 Å². The first-order valence-corrected chi connectivity index (χ1v) is 9.96. The van der Waals surface area contributed by atoms with Crippen LogP contribution in [-0.2, 0) is 6.54 Å². The van der Waals surface area contributed by atoms with E-state index in [0.29, 0.717) is 12.1 Å². The van der Waals surface area contributed by atoms with Crippen molar-refractivity contribution in [2.24, 2.45) is 4.99 Å². The first-order chi connectivity index (χ1) is 13.2. The van der Waals surface area contributed by atoms with Gasteiger partial charge in [-0.05, 0) is 55.0 Å². The van der Waals surface area contributed by atoms with Gasteiger partial charge in [-0.15, -0.1) is 11.8 Å². The van der Waals surface area contributed by atoms with Crippen molar-refractivity contribution in [3.05, 3.63) is 78.1 Å². The van der Waals surface area contributed by atoms with Crippen LogP contribution in [-0.4, -0.2) is 12.0 Å². The molecule has 0 saturated heterocycles. The summed E-state index contributed by atoms with van der Waals surface area (Å²) < 4.78 is 13.9. The average Bonchev–Trinajstić information content (AvgIpc) is 3.51. The standard InChI is InChI=1S/C23H21FN2S/c1-25-22-13-12-19(27-18-10-11-18)14-23(22)26-15-16-6-8-17(9-7-16)20-4-2-3-5-21(20)24/h2-9,12-14,18,26H,1,10-11,15H2. The third kappa shape index (κ3) is 4.40. The molecule has 136 valence electrons. The van der Waals surface area contributed by atoms with Crippen molar-refractivity contribution < 1.29 is 4.39 Å². The van der Waals surface area contributed by atoms with Crippen molar-refractivity contribution in [2.75, 3.05) is 5.32 Å². The molecule has 4 rings (SSSR count). The van der Waals surface area contributed by atoms with Gasteiger partial charge >= 0.3 is 0 Å². The molecule has 1 aliphatic rings. The summed E-state index contributed by atoms with van der Waals surface area (Å²) in [5, 5.41) is 4.23. The predicted molar refractivity (Wildman–Crippen MR) is 114 cm³/mol. The quantitative estimate of drug-likeness (QED) is 0.464. The number of hydrogen-bond acceptors (Lipinski definition) is 3. The molecule has 0 aliphatic heterocycles. The van der Waals surface area contributed by atoms with Crippen LogP contribution in [0.15, 0.2) is 76.6 Å². The molecule has 3 aromatic carbocycles. The summed E-state index contributed by atoms with van der Waals surface area (Å²) in [6, 6.07) is 21.1. The molecule has 0 bridgehead atoms. The average molecular weight is 377 g/mol. The number of benzene rings is 3. The van der Waals surface area contributed by atoms with Crippen LogP contribution in [0.2, 0.25) is 0 Å². The third-order valence-electron chi connectivity index (χ3n) is 4.59. The molecule has 1 saturated carbocycles. The SMILES string of the molecule is C=Nc1ccc(SC2CC2)cc1NCc1ccc(-c2ccccc2F)cc1. The first-order valence-electron chi connectivity index (χ1n) is 9.08. The van der Waals surface area contributed by atoms with Crippen LogP contribution in [0.25, 0.3) is 11.1 Å². The van der Waals surface area contributed by atoms with E-state index in [0.717, 1.165) is 27.8 Å². The maximum absolute atomic E-state index is 13.9. The molecule has 0 radical (unpaired) electrons. The molecule has 2 nitrogen and oxygen atoms in total. The smallest absolute Gasteiger partial charge is 0.131 e. The number of anilines is 1. The van der Waals surface area contributed by atoms with Gasteiger partial charge in [0.1, 0.15) is 5.82 Å². The lowest BCUT2D eigenvalue weighted by atomic mass is 10.0. The maximum atomic E-state index is 13.9. The highest BCUT2D eigenvalue weighted by Gasteiger charge is 2.22. The number of thioether (sulfide) groups is 1. The summed E-state index contributed by atoms with van der Waals surface area (Å²) >= 11 is 1.93. The molecular formula is C23H21FN2S. The van der Waals surface area contributed by atoms with Gasteiger partial charge in [-0.25, -0.2) is 4.39 Å². The molecule has 1 N–H and O–H groups in total. The lowest BCUT2D eigenvalue weighted by molar-refractivity contribution is 0.631. The van der Waals surface area contributed by atoms with Gasteiger partial charge in [0, 0.05) is 22.3 Å². The summed E-state index contributed by atoms with van der Waals surface area (Å²) in [6.45, 7) is 4.35. The van der Waals surface area contributed by atoms with E-state index in [9.17, 15) is 4.39 Å². The maximum Gasteiger partial charge on any atom is 0.131 e. The molecule has 0 atom stereocenters. The Morgan fingerprint density at radius 1 is 1.04 bits per heavy atom. The van der Waals surface area contributed by atoms with E-state index in [1.54, 1.807) is 12.1 Å². The second-order valence-electron chi connectivity index (χ2n) is 6.68. The lowest BCUT2D eigenvalue weighted by Crippen LogP contribution is -2.00. The number of nitrogens with one attached hydrogen (secondary N) is 1. The second kappa shape index (κ2) is 7.97. The van der Waals surface area contributed by atoms with Gasteiger partial charge in [0.05, 0.1) is 11.4 Å². The fourth-order valence-electron chi connectivity index (χ4n) is 2.94. The zero-order chi connectivity index (χ0) is 18.6. The Hall–Kier alpha value is -2.59. The van der Waals surface area contributed by atoms with E-state index in [1.807, 2.05) is 48.2 Å². The number of hydrogen-bond donors (Lipinski definition) is 1. The Morgan fingerprint density at radius 3 is 2.52 bits per heavy atom. The first kappa shape index (κ1) is 17.8. The lowest BCUT2D eigenvalue weighted by Gasteiger charge is -2.12. The van der Waals surface area contributed by atoms with Crippen LogP contribution in [0.5, 0.6) is 0 Å². The second-order valence-corrected chi connectivity index (χ2v) is 8.06. The number of rotatable bonds is 7. The normalized spacial score (nSPS) is 13.4. The van der Waals surface area contributed by atoms with Crippen molar-refractivity contribution in [2.45, 2.75) is 29.5 Å². The van der Waals surface area contributed by atoms with E-state index >= 15 is 0 Å². The van der Waals surface area contributed by atoms with Crippen LogP contribution < -0.4 is 5.32 Å². The highest BCUT2D eigenvalue weighted by molar-refractivity contribution is 8.00. The minimum Gasteiger partial charge on any atom is -0.379 e. The van der Waals surface area contributed by atoms with Gasteiger partial charge in [-0.3, -0.25) is 4.99 Å². The Kier molecular flexibility index (Phi) is 5.26. The molecule has 0 amide bonds. The highest BCUT2D eigenvalue weighted by atomic mass is 32.2. The van der Waals surface area contributed by atoms with Crippen LogP contribution in [0.3, 0.4) is 0 Å². The van der Waals surface area contributed by atoms with Gasteiger partial charge in [0.2, 0.25) is 0 Å². The van der Waals surface area contributed by atoms with Gasteiger partial charge in [-0.2, -0.15) is 0 Å². The van der Waals surface area contributed by atoms with E-state index < -0.39 is 0 Å². The predicted octanol–water partition coefficient (Wildman–Crippen LogP) is 6.69. The van der Waals surface area contributed by atoms with Crippen LogP contribution in [0, 0.1) is 5.82 Å². The monoisotopic (exact) mass is 376 g/mol. The fraction of sp³-hybridized carbons (Fsp3) is 0.174. The van der Waals surface area contributed by atoms with E-state index in [-0.39, 0.29) is 5.82 Å². The van der Waals surface area contributed by atoms with Gasteiger partial charge in [0.25, 0.3) is 0 Å². The van der Waals surface area contributed by atoms with Crippen LogP contribution in [0.1, 0.15) is 18.4 Å². The Labute approximate surface area is 163 Å². The molecular weight excluding hydrogens is 355 g/mol. The summed E-state index contributed by atoms with van der Waals surface area (Å²) in [7, 11) is 0. The molecule has 4 heteroatoms. The molecule has 1 fully saturated rings. The van der Waals surface area contributed by atoms with E-state index in [4.69, 9.17) is 0 Å². The van der Waals surface area contributed by atoms with Crippen molar-refractivity contribution in [1.29, 1.82) is 0 Å². The van der Waals surface area contributed by atoms with E-state index in [2.05, 4.69) is 29.2 Å². The number of nitrogens with zero attached hydrogens (tertiary/aromatic N) is 1. The zero-order valence-corrected chi connectivity index (χ0v) is 15.8. The minimum absolute atomic E-state index is 0.199. The minimum atomic E-state index is -0.199. The van der Waals surface area contributed by atoms with E-state index in [1.165, 1.54) is 23.8 Å². The van der Waals surface area contributed by atoms with Crippen molar-refractivity contribution in [3.63, 3.8) is 0 Å². The van der Waals surface area contributed by atoms with Gasteiger partial charge < -0.3 is 5.32 Å².